The van der Waals surface area contributed by atoms with E-state index in [2.05, 4.69) is 125 Å². The number of benzene rings is 2. The zero-order chi connectivity index (χ0) is 26.7. The molecule has 0 bridgehead atoms. The van der Waals surface area contributed by atoms with Gasteiger partial charge in [0, 0.05) is 11.3 Å². The van der Waals surface area contributed by atoms with Crippen molar-refractivity contribution in [3.63, 3.8) is 0 Å². The van der Waals surface area contributed by atoms with Crippen LogP contribution in [0.1, 0.15) is 123 Å². The van der Waals surface area contributed by atoms with Gasteiger partial charge in [-0.3, -0.25) is 0 Å². The summed E-state index contributed by atoms with van der Waals surface area (Å²) in [6, 6.07) is 12.4. The van der Waals surface area contributed by atoms with E-state index >= 15 is 0 Å². The maximum atomic E-state index is 2.62. The molecule has 0 radical (unpaired) electrons. The molecule has 2 atom stereocenters. The van der Waals surface area contributed by atoms with Crippen LogP contribution < -0.4 is 0 Å². The van der Waals surface area contributed by atoms with Crippen LogP contribution in [0.2, 0.25) is 0 Å². The summed E-state index contributed by atoms with van der Waals surface area (Å²) in [7, 11) is 0. The van der Waals surface area contributed by atoms with Gasteiger partial charge in [-0.1, -0.05) is 131 Å². The molecule has 0 saturated carbocycles. The van der Waals surface area contributed by atoms with E-state index in [0.717, 1.165) is 12.8 Å². The van der Waals surface area contributed by atoms with Crippen molar-refractivity contribution >= 4 is 0 Å². The summed E-state index contributed by atoms with van der Waals surface area (Å²) in [5.74, 6) is 0.449. The second-order valence-corrected chi connectivity index (χ2v) is 14.6. The van der Waals surface area contributed by atoms with Crippen LogP contribution >= 0.6 is 0 Å². The molecule has 0 nitrogen and oxygen atoms in total. The first-order chi connectivity index (χ1) is 16.6. The Morgan fingerprint density at radius 1 is 0.750 bits per heavy atom. The zero-order valence-electron chi connectivity index (χ0n) is 25.0. The number of hydrogen-bond acceptors (Lipinski definition) is 0. The summed E-state index contributed by atoms with van der Waals surface area (Å²) in [6.07, 6.45) is 12.2. The maximum Gasteiger partial charge on any atom is 0.00528 e. The number of fused-ring (bicyclic) bond motifs is 3. The van der Waals surface area contributed by atoms with E-state index in [9.17, 15) is 0 Å². The average molecular weight is 483 g/mol. The van der Waals surface area contributed by atoms with Crippen LogP contribution in [0.3, 0.4) is 0 Å². The Morgan fingerprint density at radius 2 is 1.39 bits per heavy atom. The van der Waals surface area contributed by atoms with Crippen molar-refractivity contribution in [3.05, 3.63) is 82.0 Å². The van der Waals surface area contributed by atoms with E-state index in [1.54, 1.807) is 11.1 Å². The van der Waals surface area contributed by atoms with Gasteiger partial charge >= 0.3 is 0 Å². The molecule has 2 unspecified atom stereocenters. The Bertz CT molecular complexity index is 1200. The summed E-state index contributed by atoms with van der Waals surface area (Å²) < 4.78 is 0. The molecule has 2 aliphatic carbocycles. The van der Waals surface area contributed by atoms with E-state index in [1.807, 2.05) is 0 Å². The zero-order valence-corrected chi connectivity index (χ0v) is 25.0. The Kier molecular flexibility index (Phi) is 6.77. The second-order valence-electron chi connectivity index (χ2n) is 14.6. The van der Waals surface area contributed by atoms with Gasteiger partial charge < -0.3 is 0 Å². The maximum absolute atomic E-state index is 2.62. The Morgan fingerprint density at radius 3 is 1.92 bits per heavy atom. The number of hydrogen-bond donors (Lipinski definition) is 0. The molecule has 194 valence electrons. The second kappa shape index (κ2) is 9.04. The molecular formula is C36H50. The molecule has 4 rings (SSSR count). The summed E-state index contributed by atoms with van der Waals surface area (Å²) in [6.45, 7) is 26.0. The minimum atomic E-state index is 0.109. The SMILES string of the molecule is CCCC(CC)(c1cc(C(C)(C)C)cc2c1Cc1ccc(C(C)(C)C)cc1-2)C1C=CC(C(C)(C)C)=C1. The predicted molar refractivity (Wildman–Crippen MR) is 159 cm³/mol. The first-order valence-corrected chi connectivity index (χ1v) is 14.3. The summed E-state index contributed by atoms with van der Waals surface area (Å²) in [5, 5.41) is 0. The van der Waals surface area contributed by atoms with Crippen LogP contribution in [-0.4, -0.2) is 0 Å². The number of allylic oxidation sites excluding steroid dienone is 4. The summed E-state index contributed by atoms with van der Waals surface area (Å²) in [5.41, 5.74) is 12.6. The van der Waals surface area contributed by atoms with Gasteiger partial charge in [0.1, 0.15) is 0 Å². The molecule has 0 spiro atoms. The number of rotatable bonds is 5. The van der Waals surface area contributed by atoms with Gasteiger partial charge in [0.15, 0.2) is 0 Å². The molecule has 36 heavy (non-hydrogen) atoms. The fourth-order valence-corrected chi connectivity index (χ4v) is 6.50. The molecule has 0 aromatic heterocycles. The lowest BCUT2D eigenvalue weighted by Crippen LogP contribution is -2.34. The average Bonchev–Trinajstić information content (AvgIpc) is 3.41. The topological polar surface area (TPSA) is 0 Å². The van der Waals surface area contributed by atoms with Crippen molar-refractivity contribution in [1.29, 1.82) is 0 Å². The quantitative estimate of drug-likeness (QED) is 0.339. The highest BCUT2D eigenvalue weighted by Crippen LogP contribution is 2.52. The molecule has 2 aromatic carbocycles. The third-order valence-electron chi connectivity index (χ3n) is 8.96. The monoisotopic (exact) mass is 482 g/mol. The summed E-state index contributed by atoms with van der Waals surface area (Å²) in [4.78, 5) is 0. The van der Waals surface area contributed by atoms with E-state index in [4.69, 9.17) is 0 Å². The molecule has 2 aromatic rings. The van der Waals surface area contributed by atoms with Crippen molar-refractivity contribution in [3.8, 4) is 11.1 Å². The van der Waals surface area contributed by atoms with Crippen LogP contribution in [0.4, 0.5) is 0 Å². The van der Waals surface area contributed by atoms with Gasteiger partial charge in [-0.2, -0.15) is 0 Å². The van der Waals surface area contributed by atoms with Gasteiger partial charge in [0.25, 0.3) is 0 Å². The Hall–Kier alpha value is -2.08. The molecule has 0 fully saturated rings. The fourth-order valence-electron chi connectivity index (χ4n) is 6.50. The predicted octanol–water partition coefficient (Wildman–Crippen LogP) is 10.5. The summed E-state index contributed by atoms with van der Waals surface area (Å²) >= 11 is 0. The van der Waals surface area contributed by atoms with Crippen LogP contribution in [-0.2, 0) is 22.7 Å². The van der Waals surface area contributed by atoms with E-state index in [1.165, 1.54) is 46.2 Å². The van der Waals surface area contributed by atoms with E-state index < -0.39 is 0 Å². The first-order valence-electron chi connectivity index (χ1n) is 14.3. The molecule has 2 aliphatic rings. The molecule has 0 amide bonds. The van der Waals surface area contributed by atoms with Crippen molar-refractivity contribution in [1.82, 2.24) is 0 Å². The van der Waals surface area contributed by atoms with Crippen LogP contribution in [0.5, 0.6) is 0 Å². The van der Waals surface area contributed by atoms with E-state index in [0.29, 0.717) is 5.92 Å². The Labute approximate surface area is 222 Å². The minimum Gasteiger partial charge on any atom is -0.0764 e. The third-order valence-corrected chi connectivity index (χ3v) is 8.96. The molecule has 0 N–H and O–H groups in total. The highest BCUT2D eigenvalue weighted by Gasteiger charge is 2.42. The van der Waals surface area contributed by atoms with Gasteiger partial charge in [0.05, 0.1) is 0 Å². The smallest absolute Gasteiger partial charge is 0.00528 e. The van der Waals surface area contributed by atoms with Crippen LogP contribution in [0, 0.1) is 11.3 Å². The Balaban J connectivity index is 1.99. The van der Waals surface area contributed by atoms with Crippen molar-refractivity contribution in [2.45, 2.75) is 118 Å². The lowest BCUT2D eigenvalue weighted by atomic mass is 9.63. The van der Waals surface area contributed by atoms with Gasteiger partial charge in [-0.15, -0.1) is 0 Å². The van der Waals surface area contributed by atoms with Crippen molar-refractivity contribution < 1.29 is 0 Å². The highest BCUT2D eigenvalue weighted by atomic mass is 14.5. The molecule has 0 saturated heterocycles. The largest absolute Gasteiger partial charge is 0.0764 e. The molecule has 0 heteroatoms. The lowest BCUT2D eigenvalue weighted by Gasteiger charge is -2.40. The van der Waals surface area contributed by atoms with Gasteiger partial charge in [-0.05, 0) is 80.0 Å². The molecular weight excluding hydrogens is 432 g/mol. The van der Waals surface area contributed by atoms with E-state index in [-0.39, 0.29) is 21.7 Å². The first kappa shape index (κ1) is 27.0. The lowest BCUT2D eigenvalue weighted by molar-refractivity contribution is 0.317. The van der Waals surface area contributed by atoms with Crippen molar-refractivity contribution in [2.75, 3.05) is 0 Å². The van der Waals surface area contributed by atoms with Gasteiger partial charge in [-0.25, -0.2) is 0 Å². The normalized spacial score (nSPS) is 19.2. The standard InChI is InChI=1S/C36H50/c1-12-18-36(13-2,27-17-16-25(20-27)33(3,4)5)32-23-28(35(9,10)11)22-30-29-21-26(34(6,7)8)15-14-24(29)19-31(30)32/h14-17,20-23,27H,12-13,18-19H2,1-11H3. The minimum absolute atomic E-state index is 0.109. The van der Waals surface area contributed by atoms with Crippen LogP contribution in [0.15, 0.2) is 54.1 Å². The highest BCUT2D eigenvalue weighted by molar-refractivity contribution is 5.80. The van der Waals surface area contributed by atoms with Crippen LogP contribution in [0.25, 0.3) is 11.1 Å². The molecule has 0 heterocycles. The van der Waals surface area contributed by atoms with Crippen molar-refractivity contribution in [2.24, 2.45) is 11.3 Å². The fraction of sp³-hybridized carbons (Fsp3) is 0.556. The molecule has 0 aliphatic heterocycles. The third kappa shape index (κ3) is 4.66. The van der Waals surface area contributed by atoms with Gasteiger partial charge in [0.2, 0.25) is 0 Å².